The van der Waals surface area contributed by atoms with Gasteiger partial charge in [-0.25, -0.2) is 13.1 Å². The van der Waals surface area contributed by atoms with E-state index in [4.69, 9.17) is 5.73 Å². The third kappa shape index (κ3) is 5.07. The lowest BCUT2D eigenvalue weighted by Gasteiger charge is -2.23. The third-order valence-corrected chi connectivity index (χ3v) is 5.29. The summed E-state index contributed by atoms with van der Waals surface area (Å²) in [6, 6.07) is 5.16. The van der Waals surface area contributed by atoms with Crippen LogP contribution in [0.15, 0.2) is 23.1 Å². The van der Waals surface area contributed by atoms with Gasteiger partial charge in [-0.05, 0) is 44.1 Å². The van der Waals surface area contributed by atoms with Gasteiger partial charge >= 0.3 is 0 Å². The van der Waals surface area contributed by atoms with Crippen molar-refractivity contribution < 1.29 is 8.42 Å². The van der Waals surface area contributed by atoms with Gasteiger partial charge in [0, 0.05) is 19.1 Å². The normalized spacial score (nSPS) is 13.6. The summed E-state index contributed by atoms with van der Waals surface area (Å²) in [5.41, 5.74) is 7.14. The molecule has 1 atom stereocenters. The quantitative estimate of drug-likeness (QED) is 0.762. The number of hydrogen-bond donors (Lipinski definition) is 2. The Kier molecular flexibility index (Phi) is 6.80. The van der Waals surface area contributed by atoms with Crippen molar-refractivity contribution in [3.63, 3.8) is 0 Å². The number of sulfonamides is 1. The lowest BCUT2D eigenvalue weighted by molar-refractivity contribution is 0.282. The predicted octanol–water partition coefficient (Wildman–Crippen LogP) is 1.46. The molecule has 120 valence electrons. The van der Waals surface area contributed by atoms with Crippen LogP contribution in [0.25, 0.3) is 0 Å². The molecule has 0 aromatic heterocycles. The second-order valence-corrected chi connectivity index (χ2v) is 6.99. The number of rotatable bonds is 8. The van der Waals surface area contributed by atoms with Gasteiger partial charge in [-0.2, -0.15) is 0 Å². The van der Waals surface area contributed by atoms with Gasteiger partial charge in [0.2, 0.25) is 10.0 Å². The van der Waals surface area contributed by atoms with E-state index in [9.17, 15) is 8.42 Å². The van der Waals surface area contributed by atoms with Crippen molar-refractivity contribution in [2.75, 3.05) is 19.6 Å². The fraction of sp³-hybridized carbons (Fsp3) is 0.600. The van der Waals surface area contributed by atoms with Crippen LogP contribution in [0.1, 0.15) is 31.9 Å². The molecular formula is C15H27N3O2S. The first-order valence-corrected chi connectivity index (χ1v) is 8.86. The summed E-state index contributed by atoms with van der Waals surface area (Å²) in [6.07, 6.45) is 0. The minimum atomic E-state index is -3.52. The maximum Gasteiger partial charge on any atom is 0.241 e. The van der Waals surface area contributed by atoms with Gasteiger partial charge in [0.05, 0.1) is 4.90 Å². The van der Waals surface area contributed by atoms with E-state index in [2.05, 4.69) is 23.5 Å². The molecule has 0 aliphatic rings. The molecule has 0 fully saturated rings. The topological polar surface area (TPSA) is 75.4 Å². The van der Waals surface area contributed by atoms with Crippen molar-refractivity contribution >= 4 is 10.0 Å². The van der Waals surface area contributed by atoms with Crippen LogP contribution in [0.3, 0.4) is 0 Å². The molecule has 21 heavy (non-hydrogen) atoms. The minimum Gasteiger partial charge on any atom is -0.326 e. The van der Waals surface area contributed by atoms with Crippen LogP contribution in [0.5, 0.6) is 0 Å². The number of nitrogens with zero attached hydrogens (tertiary/aromatic N) is 1. The van der Waals surface area contributed by atoms with Crippen LogP contribution in [-0.4, -0.2) is 39.0 Å². The molecule has 6 heteroatoms. The lowest BCUT2D eigenvalue weighted by atomic mass is 10.1. The average molecular weight is 313 g/mol. The summed E-state index contributed by atoms with van der Waals surface area (Å²) >= 11 is 0. The molecule has 1 aromatic carbocycles. The zero-order chi connectivity index (χ0) is 16.0. The summed E-state index contributed by atoms with van der Waals surface area (Å²) in [4.78, 5) is 2.51. The number of nitrogens with one attached hydrogen (secondary N) is 1. The molecule has 0 bridgehead atoms. The standard InChI is InChI=1S/C15H27N3O2S/c1-5-18(6-2)11-13(4)17-21(19,20)15-9-14(10-16)8-7-12(15)3/h7-9,13,17H,5-6,10-11,16H2,1-4H3. The second kappa shape index (κ2) is 7.89. The average Bonchev–Trinajstić information content (AvgIpc) is 2.44. The van der Waals surface area contributed by atoms with E-state index in [0.717, 1.165) is 24.2 Å². The van der Waals surface area contributed by atoms with Gasteiger partial charge in [-0.1, -0.05) is 26.0 Å². The van der Waals surface area contributed by atoms with E-state index < -0.39 is 10.0 Å². The van der Waals surface area contributed by atoms with Crippen LogP contribution in [0.4, 0.5) is 0 Å². The number of hydrogen-bond acceptors (Lipinski definition) is 4. The van der Waals surface area contributed by atoms with Gasteiger partial charge in [0.15, 0.2) is 0 Å². The number of aryl methyl sites for hydroxylation is 1. The minimum absolute atomic E-state index is 0.143. The van der Waals surface area contributed by atoms with Crippen LogP contribution < -0.4 is 10.5 Å². The Morgan fingerprint density at radius 3 is 2.43 bits per heavy atom. The van der Waals surface area contributed by atoms with E-state index >= 15 is 0 Å². The molecule has 0 saturated carbocycles. The molecule has 1 aromatic rings. The van der Waals surface area contributed by atoms with Crippen LogP contribution >= 0.6 is 0 Å². The highest BCUT2D eigenvalue weighted by atomic mass is 32.2. The molecule has 1 rings (SSSR count). The highest BCUT2D eigenvalue weighted by Gasteiger charge is 2.20. The fourth-order valence-electron chi connectivity index (χ4n) is 2.30. The van der Waals surface area contributed by atoms with Crippen molar-refractivity contribution in [3.8, 4) is 0 Å². The van der Waals surface area contributed by atoms with Crippen LogP contribution in [0.2, 0.25) is 0 Å². The Morgan fingerprint density at radius 2 is 1.90 bits per heavy atom. The first kappa shape index (κ1) is 18.1. The molecule has 0 aliphatic carbocycles. The summed E-state index contributed by atoms with van der Waals surface area (Å²) < 4.78 is 27.8. The molecule has 0 spiro atoms. The highest BCUT2D eigenvalue weighted by Crippen LogP contribution is 2.17. The van der Waals surface area contributed by atoms with Crippen molar-refractivity contribution in [3.05, 3.63) is 29.3 Å². The largest absolute Gasteiger partial charge is 0.326 e. The molecule has 1 unspecified atom stereocenters. The van der Waals surface area contributed by atoms with Crippen molar-refractivity contribution in [2.24, 2.45) is 5.73 Å². The molecule has 3 N–H and O–H groups in total. The van der Waals surface area contributed by atoms with Gasteiger partial charge in [-0.3, -0.25) is 0 Å². The van der Waals surface area contributed by atoms with Crippen molar-refractivity contribution in [1.29, 1.82) is 0 Å². The Balaban J connectivity index is 2.91. The maximum atomic E-state index is 12.5. The monoisotopic (exact) mass is 313 g/mol. The van der Waals surface area contributed by atoms with Gasteiger partial charge < -0.3 is 10.6 Å². The number of likely N-dealkylation sites (N-methyl/N-ethyl adjacent to an activating group) is 1. The predicted molar refractivity (Wildman–Crippen MR) is 86.6 cm³/mol. The maximum absolute atomic E-state index is 12.5. The van der Waals surface area contributed by atoms with Gasteiger partial charge in [0.1, 0.15) is 0 Å². The first-order chi connectivity index (χ1) is 9.83. The van der Waals surface area contributed by atoms with Crippen molar-refractivity contribution in [1.82, 2.24) is 9.62 Å². The molecular weight excluding hydrogens is 286 g/mol. The summed E-state index contributed by atoms with van der Waals surface area (Å²) in [7, 11) is -3.52. The second-order valence-electron chi connectivity index (χ2n) is 5.31. The van der Waals surface area contributed by atoms with E-state index in [1.165, 1.54) is 0 Å². The Morgan fingerprint density at radius 1 is 1.29 bits per heavy atom. The Hall–Kier alpha value is -0.950. The molecule has 5 nitrogen and oxygen atoms in total. The van der Waals surface area contributed by atoms with Gasteiger partial charge in [-0.15, -0.1) is 0 Å². The van der Waals surface area contributed by atoms with Crippen LogP contribution in [-0.2, 0) is 16.6 Å². The zero-order valence-corrected chi connectivity index (χ0v) is 14.2. The van der Waals surface area contributed by atoms with Gasteiger partial charge in [0.25, 0.3) is 0 Å². The highest BCUT2D eigenvalue weighted by molar-refractivity contribution is 7.89. The Bertz CT molecular complexity index is 554. The number of nitrogens with two attached hydrogens (primary N) is 1. The van der Waals surface area contributed by atoms with E-state index in [1.54, 1.807) is 19.1 Å². The van der Waals surface area contributed by atoms with Crippen LogP contribution in [0, 0.1) is 6.92 Å². The SMILES string of the molecule is CCN(CC)CC(C)NS(=O)(=O)c1cc(CN)ccc1C. The molecule has 0 heterocycles. The molecule has 0 amide bonds. The third-order valence-electron chi connectivity index (χ3n) is 3.56. The van der Waals surface area contributed by atoms with E-state index in [1.807, 2.05) is 13.0 Å². The first-order valence-electron chi connectivity index (χ1n) is 7.38. The summed E-state index contributed by atoms with van der Waals surface area (Å²) in [5, 5.41) is 0. The van der Waals surface area contributed by atoms with E-state index in [0.29, 0.717) is 18.0 Å². The Labute approximate surface area is 128 Å². The van der Waals surface area contributed by atoms with Crippen molar-refractivity contribution in [2.45, 2.75) is 45.2 Å². The smallest absolute Gasteiger partial charge is 0.241 e. The summed E-state index contributed by atoms with van der Waals surface area (Å²) in [5.74, 6) is 0. The van der Waals surface area contributed by atoms with E-state index in [-0.39, 0.29) is 6.04 Å². The summed E-state index contributed by atoms with van der Waals surface area (Å²) in [6.45, 7) is 10.7. The fourth-order valence-corrected chi connectivity index (χ4v) is 3.83. The number of benzene rings is 1. The lowest BCUT2D eigenvalue weighted by Crippen LogP contribution is -2.42. The zero-order valence-electron chi connectivity index (χ0n) is 13.4. The molecule has 0 saturated heterocycles. The molecule has 0 radical (unpaired) electrons. The molecule has 0 aliphatic heterocycles.